The first-order valence-corrected chi connectivity index (χ1v) is 5.75. The second-order valence-electron chi connectivity index (χ2n) is 4.07. The highest BCUT2D eigenvalue weighted by Gasteiger charge is 2.23. The van der Waals surface area contributed by atoms with Gasteiger partial charge in [-0.3, -0.25) is 4.79 Å². The van der Waals surface area contributed by atoms with Crippen molar-refractivity contribution >= 4 is 5.91 Å². The zero-order valence-electron chi connectivity index (χ0n) is 9.66. The van der Waals surface area contributed by atoms with Crippen LogP contribution < -0.4 is 0 Å². The zero-order valence-corrected chi connectivity index (χ0v) is 9.66. The van der Waals surface area contributed by atoms with Crippen molar-refractivity contribution in [2.45, 2.75) is 19.1 Å². The van der Waals surface area contributed by atoms with E-state index in [-0.39, 0.29) is 18.6 Å². The van der Waals surface area contributed by atoms with Gasteiger partial charge < -0.3 is 19.3 Å². The minimum atomic E-state index is -0.235. The number of aromatic nitrogens is 2. The van der Waals surface area contributed by atoms with Crippen LogP contribution in [-0.4, -0.2) is 57.9 Å². The number of aryl methyl sites for hydroxylation is 1. The molecular weight excluding hydrogens is 222 g/mol. The normalized spacial score (nSPS) is 20.5. The van der Waals surface area contributed by atoms with Gasteiger partial charge >= 0.3 is 0 Å². The van der Waals surface area contributed by atoms with Crippen molar-refractivity contribution in [2.75, 3.05) is 26.3 Å². The van der Waals surface area contributed by atoms with E-state index in [1.807, 2.05) is 10.8 Å². The molecule has 94 valence electrons. The van der Waals surface area contributed by atoms with Crippen LogP contribution in [0.15, 0.2) is 18.7 Å². The third-order valence-corrected chi connectivity index (χ3v) is 2.84. The van der Waals surface area contributed by atoms with Gasteiger partial charge in [0.1, 0.15) is 0 Å². The molecular formula is C11H17N3O3. The van der Waals surface area contributed by atoms with Gasteiger partial charge in [-0.1, -0.05) is 0 Å². The summed E-state index contributed by atoms with van der Waals surface area (Å²) in [5, 5.41) is 9.00. The second kappa shape index (κ2) is 5.79. The average molecular weight is 239 g/mol. The highest BCUT2D eigenvalue weighted by atomic mass is 16.5. The van der Waals surface area contributed by atoms with Crippen molar-refractivity contribution in [3.8, 4) is 0 Å². The van der Waals surface area contributed by atoms with E-state index in [9.17, 15) is 4.79 Å². The number of rotatable bonds is 4. The van der Waals surface area contributed by atoms with E-state index in [0.29, 0.717) is 32.7 Å². The number of aliphatic hydroxyl groups is 1. The van der Waals surface area contributed by atoms with Gasteiger partial charge in [-0.15, -0.1) is 0 Å². The highest BCUT2D eigenvalue weighted by molar-refractivity contribution is 5.76. The molecule has 2 rings (SSSR count). The van der Waals surface area contributed by atoms with Crippen molar-refractivity contribution in [2.24, 2.45) is 0 Å². The molecule has 1 amide bonds. The van der Waals surface area contributed by atoms with Crippen molar-refractivity contribution in [1.82, 2.24) is 14.5 Å². The smallest absolute Gasteiger partial charge is 0.224 e. The lowest BCUT2D eigenvalue weighted by molar-refractivity contribution is -0.140. The quantitative estimate of drug-likeness (QED) is 0.768. The Morgan fingerprint density at radius 2 is 2.47 bits per heavy atom. The molecule has 0 aliphatic carbocycles. The molecule has 1 aliphatic heterocycles. The van der Waals surface area contributed by atoms with Crippen molar-refractivity contribution in [3.05, 3.63) is 18.7 Å². The van der Waals surface area contributed by atoms with Crippen molar-refractivity contribution in [3.63, 3.8) is 0 Å². The maximum absolute atomic E-state index is 11.9. The number of carbonyl (C=O) groups is 1. The Morgan fingerprint density at radius 1 is 1.59 bits per heavy atom. The summed E-state index contributed by atoms with van der Waals surface area (Å²) in [5.41, 5.74) is 0. The van der Waals surface area contributed by atoms with Gasteiger partial charge in [0.25, 0.3) is 0 Å². The Labute approximate surface area is 99.8 Å². The van der Waals surface area contributed by atoms with E-state index >= 15 is 0 Å². The molecule has 0 saturated carbocycles. The molecule has 1 N–H and O–H groups in total. The molecule has 1 atom stereocenters. The van der Waals surface area contributed by atoms with Crippen molar-refractivity contribution < 1.29 is 14.6 Å². The molecule has 1 aliphatic rings. The molecule has 0 spiro atoms. The molecule has 0 radical (unpaired) electrons. The van der Waals surface area contributed by atoms with Gasteiger partial charge in [0, 0.05) is 38.4 Å². The number of amides is 1. The first kappa shape index (κ1) is 12.1. The minimum absolute atomic E-state index is 0.0364. The Balaban J connectivity index is 1.79. The van der Waals surface area contributed by atoms with Crippen LogP contribution in [0, 0.1) is 0 Å². The fourth-order valence-corrected chi connectivity index (χ4v) is 1.86. The molecule has 2 heterocycles. The van der Waals surface area contributed by atoms with Crippen molar-refractivity contribution in [1.29, 1.82) is 0 Å². The monoisotopic (exact) mass is 239 g/mol. The van der Waals surface area contributed by atoms with E-state index in [1.165, 1.54) is 0 Å². The van der Waals surface area contributed by atoms with Crippen LogP contribution >= 0.6 is 0 Å². The molecule has 6 nitrogen and oxygen atoms in total. The average Bonchev–Trinajstić information content (AvgIpc) is 2.89. The number of ether oxygens (including phenoxy) is 1. The number of hydrogen-bond acceptors (Lipinski definition) is 4. The lowest BCUT2D eigenvalue weighted by atomic mass is 10.2. The molecule has 1 fully saturated rings. The number of nitrogens with zero attached hydrogens (tertiary/aromatic N) is 3. The Kier molecular flexibility index (Phi) is 4.11. The predicted molar refractivity (Wildman–Crippen MR) is 60.2 cm³/mol. The number of aliphatic hydroxyl groups excluding tert-OH is 1. The lowest BCUT2D eigenvalue weighted by Crippen LogP contribution is -2.47. The summed E-state index contributed by atoms with van der Waals surface area (Å²) in [6.45, 7) is 2.20. The molecule has 0 bridgehead atoms. The molecule has 1 aromatic heterocycles. The summed E-state index contributed by atoms with van der Waals surface area (Å²) in [6.07, 6.45) is 5.45. The molecule has 17 heavy (non-hydrogen) atoms. The summed E-state index contributed by atoms with van der Waals surface area (Å²) in [7, 11) is 0. The van der Waals surface area contributed by atoms with E-state index in [4.69, 9.17) is 9.84 Å². The van der Waals surface area contributed by atoms with Crippen LogP contribution in [0.25, 0.3) is 0 Å². The van der Waals surface area contributed by atoms with Crippen LogP contribution in [-0.2, 0) is 16.1 Å². The van der Waals surface area contributed by atoms with Gasteiger partial charge in [0.15, 0.2) is 0 Å². The Hall–Kier alpha value is -1.40. The molecule has 1 saturated heterocycles. The van der Waals surface area contributed by atoms with Crippen LogP contribution in [0.5, 0.6) is 0 Å². The second-order valence-corrected chi connectivity index (χ2v) is 4.07. The summed E-state index contributed by atoms with van der Waals surface area (Å²) in [4.78, 5) is 17.6. The van der Waals surface area contributed by atoms with E-state index in [2.05, 4.69) is 4.98 Å². The van der Waals surface area contributed by atoms with E-state index in [1.54, 1.807) is 17.4 Å². The maximum Gasteiger partial charge on any atom is 0.224 e. The third kappa shape index (κ3) is 3.28. The lowest BCUT2D eigenvalue weighted by Gasteiger charge is -2.32. The topological polar surface area (TPSA) is 67.6 Å². The minimum Gasteiger partial charge on any atom is -0.394 e. The van der Waals surface area contributed by atoms with Gasteiger partial charge in [0.05, 0.1) is 25.6 Å². The standard InChI is InChI=1S/C11H17N3O3/c15-8-10-7-14(5-6-17-10)11(16)1-3-13-4-2-12-9-13/h2,4,9-10,15H,1,3,5-8H2. The van der Waals surface area contributed by atoms with Crippen LogP contribution in [0.4, 0.5) is 0 Å². The largest absolute Gasteiger partial charge is 0.394 e. The number of morpholine rings is 1. The molecule has 1 aromatic rings. The van der Waals surface area contributed by atoms with Crippen LogP contribution in [0.1, 0.15) is 6.42 Å². The summed E-state index contributed by atoms with van der Waals surface area (Å²) >= 11 is 0. The first-order valence-electron chi connectivity index (χ1n) is 5.75. The third-order valence-electron chi connectivity index (χ3n) is 2.84. The summed E-state index contributed by atoms with van der Waals surface area (Å²) < 4.78 is 7.18. The SMILES string of the molecule is O=C(CCn1ccnc1)N1CCOC(CO)C1. The fraction of sp³-hybridized carbons (Fsp3) is 0.636. The number of imidazole rings is 1. The Bertz CT molecular complexity index is 353. The fourth-order valence-electron chi connectivity index (χ4n) is 1.86. The van der Waals surface area contributed by atoms with E-state index in [0.717, 1.165) is 0 Å². The van der Waals surface area contributed by atoms with Crippen LogP contribution in [0.2, 0.25) is 0 Å². The Morgan fingerprint density at radius 3 is 3.18 bits per heavy atom. The maximum atomic E-state index is 11.9. The van der Waals surface area contributed by atoms with Gasteiger partial charge in [-0.25, -0.2) is 4.98 Å². The number of carbonyl (C=O) groups excluding carboxylic acids is 1. The highest BCUT2D eigenvalue weighted by Crippen LogP contribution is 2.07. The first-order chi connectivity index (χ1) is 8.29. The molecule has 1 unspecified atom stereocenters. The van der Waals surface area contributed by atoms with Gasteiger partial charge in [-0.2, -0.15) is 0 Å². The van der Waals surface area contributed by atoms with E-state index < -0.39 is 0 Å². The molecule has 6 heteroatoms. The van der Waals surface area contributed by atoms with Gasteiger partial charge in [-0.05, 0) is 0 Å². The number of hydrogen-bond donors (Lipinski definition) is 1. The van der Waals surface area contributed by atoms with Crippen LogP contribution in [0.3, 0.4) is 0 Å². The zero-order chi connectivity index (χ0) is 12.1. The summed E-state index contributed by atoms with van der Waals surface area (Å²) in [6, 6.07) is 0. The van der Waals surface area contributed by atoms with Gasteiger partial charge in [0.2, 0.25) is 5.91 Å². The summed E-state index contributed by atoms with van der Waals surface area (Å²) in [5.74, 6) is 0.0976. The predicted octanol–water partition coefficient (Wildman–Crippen LogP) is -0.507. The molecule has 0 aromatic carbocycles.